The molecule has 1 rings (SSSR count). The molecule has 0 amide bonds. The fraction of sp³-hybridized carbons (Fsp3) is 0.545. The van der Waals surface area contributed by atoms with Gasteiger partial charge in [0.05, 0.1) is 35.2 Å². The summed E-state index contributed by atoms with van der Waals surface area (Å²) < 4.78 is 53.7. The van der Waals surface area contributed by atoms with Crippen molar-refractivity contribution in [2.45, 2.75) is 13.0 Å². The molecule has 0 aliphatic carbocycles. The van der Waals surface area contributed by atoms with Gasteiger partial charge in [0.25, 0.3) is 5.88 Å². The van der Waals surface area contributed by atoms with Crippen LogP contribution in [0, 0.1) is 0 Å². The first-order valence-corrected chi connectivity index (χ1v) is 7.34. The number of hydrogen-bond acceptors (Lipinski definition) is 6. The molecule has 2 N–H and O–H groups in total. The Hall–Kier alpha value is -1.34. The molecule has 0 saturated heterocycles. The van der Waals surface area contributed by atoms with Gasteiger partial charge in [-0.1, -0.05) is 0 Å². The van der Waals surface area contributed by atoms with Crippen molar-refractivity contribution in [2.24, 2.45) is 5.73 Å². The lowest BCUT2D eigenvalue weighted by Gasteiger charge is -2.13. The van der Waals surface area contributed by atoms with Crippen LogP contribution in [0.1, 0.15) is 22.8 Å². The van der Waals surface area contributed by atoms with E-state index in [1.165, 1.54) is 12.1 Å². The predicted molar refractivity (Wildman–Crippen MR) is 68.6 cm³/mol. The summed E-state index contributed by atoms with van der Waals surface area (Å²) in [6.45, 7) is 1.94. The Morgan fingerprint density at radius 1 is 1.56 bits per heavy atom. The van der Waals surface area contributed by atoms with E-state index in [1.807, 2.05) is 0 Å². The summed E-state index contributed by atoms with van der Waals surface area (Å²) in [6, 6.07) is 1.93. The van der Waals surface area contributed by atoms with Crippen molar-refractivity contribution in [3.8, 4) is 11.6 Å². The van der Waals surface area contributed by atoms with Gasteiger partial charge in [0.2, 0.25) is 0 Å². The van der Waals surface area contributed by atoms with Crippen LogP contribution < -0.4 is 15.2 Å². The second-order valence-electron chi connectivity index (χ2n) is 3.77. The Bertz CT molecular complexity index is 590. The van der Waals surface area contributed by atoms with Crippen LogP contribution in [0.5, 0.6) is 11.6 Å². The van der Waals surface area contributed by atoms with Crippen LogP contribution in [-0.4, -0.2) is 39.1 Å². The molecule has 1 atom stereocenters. The molecule has 0 fully saturated rings. The van der Waals surface area contributed by atoms with E-state index >= 15 is 0 Å². The lowest BCUT2D eigenvalue weighted by atomic mass is 10.2. The maximum absolute atomic E-state index is 11.2. The van der Waals surface area contributed by atoms with Crippen LogP contribution in [0.15, 0.2) is 12.1 Å². The number of nitrogens with zero attached hydrogens (tertiary/aromatic N) is 1. The second kappa shape index (κ2) is 6.01. The number of ether oxygens (including phenoxy) is 2. The SMILES string of the molecule is [2H]C([2H])([2H])Oc1ccc([C@@H](N)CS(C)(=O)=O)nc1OCC. The predicted octanol–water partition coefficient (Wildman–Crippen LogP) is 0.533. The molecule has 1 aromatic heterocycles. The van der Waals surface area contributed by atoms with E-state index in [4.69, 9.17) is 19.3 Å². The van der Waals surface area contributed by atoms with E-state index in [0.717, 1.165) is 6.26 Å². The van der Waals surface area contributed by atoms with Gasteiger partial charge in [0, 0.05) is 6.26 Å². The first kappa shape index (κ1) is 10.6. The van der Waals surface area contributed by atoms with Gasteiger partial charge in [-0.15, -0.1) is 0 Å². The second-order valence-corrected chi connectivity index (χ2v) is 5.96. The van der Waals surface area contributed by atoms with E-state index < -0.39 is 22.9 Å². The zero-order valence-corrected chi connectivity index (χ0v) is 11.0. The summed E-state index contributed by atoms with van der Waals surface area (Å²) in [5.41, 5.74) is 6.05. The van der Waals surface area contributed by atoms with E-state index in [2.05, 4.69) is 4.98 Å². The first-order valence-electron chi connectivity index (χ1n) is 6.78. The lowest BCUT2D eigenvalue weighted by Crippen LogP contribution is -2.22. The largest absolute Gasteiger partial charge is 0.491 e. The van der Waals surface area contributed by atoms with Gasteiger partial charge in [-0.25, -0.2) is 13.4 Å². The summed E-state index contributed by atoms with van der Waals surface area (Å²) in [4.78, 5) is 4.04. The van der Waals surface area contributed by atoms with Crippen molar-refractivity contribution >= 4 is 9.84 Å². The molecule has 6 nitrogen and oxygen atoms in total. The molecule has 1 aromatic rings. The average Bonchev–Trinajstić information content (AvgIpc) is 2.27. The highest BCUT2D eigenvalue weighted by Crippen LogP contribution is 2.26. The first-order chi connectivity index (χ1) is 9.52. The van der Waals surface area contributed by atoms with E-state index in [0.29, 0.717) is 0 Å². The van der Waals surface area contributed by atoms with Gasteiger partial charge in [-0.05, 0) is 19.1 Å². The Labute approximate surface area is 111 Å². The fourth-order valence-corrected chi connectivity index (χ4v) is 2.20. The maximum Gasteiger partial charge on any atom is 0.257 e. The van der Waals surface area contributed by atoms with Crippen molar-refractivity contribution < 1.29 is 22.0 Å². The third kappa shape index (κ3) is 4.15. The maximum atomic E-state index is 11.2. The smallest absolute Gasteiger partial charge is 0.257 e. The molecular weight excluding hydrogens is 256 g/mol. The normalized spacial score (nSPS) is 16.3. The third-order valence-electron chi connectivity index (χ3n) is 2.10. The Balaban J connectivity index is 3.07. The molecule has 102 valence electrons. The van der Waals surface area contributed by atoms with E-state index in [1.54, 1.807) is 6.92 Å². The zero-order valence-electron chi connectivity index (χ0n) is 13.2. The molecular formula is C11H18N2O4S. The topological polar surface area (TPSA) is 91.5 Å². The zero-order chi connectivity index (χ0) is 16.3. The van der Waals surface area contributed by atoms with Crippen LogP contribution in [0.2, 0.25) is 0 Å². The van der Waals surface area contributed by atoms with Crippen LogP contribution >= 0.6 is 0 Å². The lowest BCUT2D eigenvalue weighted by molar-refractivity contribution is 0.297. The standard InChI is InChI=1S/C11H18N2O4S/c1-4-17-11-10(16-2)6-5-9(13-11)8(12)7-18(3,14)15/h5-6,8H,4,7,12H2,1-3H3/t8-/m0/s1/i2D3. The van der Waals surface area contributed by atoms with Crippen molar-refractivity contribution in [2.75, 3.05) is 25.7 Å². The molecule has 0 aliphatic rings. The monoisotopic (exact) mass is 277 g/mol. The van der Waals surface area contributed by atoms with Crippen molar-refractivity contribution in [1.29, 1.82) is 0 Å². The van der Waals surface area contributed by atoms with Crippen LogP contribution in [0.25, 0.3) is 0 Å². The van der Waals surface area contributed by atoms with Crippen LogP contribution in [0.3, 0.4) is 0 Å². The van der Waals surface area contributed by atoms with Crippen LogP contribution in [0.4, 0.5) is 0 Å². The molecule has 0 aromatic carbocycles. The number of nitrogens with two attached hydrogens (primary N) is 1. The van der Waals surface area contributed by atoms with E-state index in [-0.39, 0.29) is 29.7 Å². The molecule has 7 heteroatoms. The molecule has 18 heavy (non-hydrogen) atoms. The number of rotatable bonds is 6. The number of hydrogen-bond donors (Lipinski definition) is 1. The van der Waals surface area contributed by atoms with Gasteiger partial charge in [0.1, 0.15) is 9.84 Å². The minimum atomic E-state index is -3.26. The summed E-state index contributed by atoms with van der Waals surface area (Å²) in [7, 11) is -5.90. The highest BCUT2D eigenvalue weighted by Gasteiger charge is 2.17. The molecule has 0 spiro atoms. The van der Waals surface area contributed by atoms with Gasteiger partial charge in [-0.3, -0.25) is 0 Å². The average molecular weight is 277 g/mol. The summed E-state index contributed by atoms with van der Waals surface area (Å²) in [5, 5.41) is 0. The summed E-state index contributed by atoms with van der Waals surface area (Å²) in [5.74, 6) is -0.354. The number of methoxy groups -OCH3 is 1. The quantitative estimate of drug-likeness (QED) is 0.815. The molecule has 0 unspecified atom stereocenters. The Morgan fingerprint density at radius 2 is 2.28 bits per heavy atom. The number of aromatic nitrogens is 1. The highest BCUT2D eigenvalue weighted by molar-refractivity contribution is 7.90. The van der Waals surface area contributed by atoms with Crippen molar-refractivity contribution in [1.82, 2.24) is 4.98 Å². The Morgan fingerprint density at radius 3 is 2.83 bits per heavy atom. The summed E-state index contributed by atoms with van der Waals surface area (Å²) in [6.07, 6.45) is 1.07. The van der Waals surface area contributed by atoms with Gasteiger partial charge in [0.15, 0.2) is 5.75 Å². The van der Waals surface area contributed by atoms with E-state index in [9.17, 15) is 8.42 Å². The van der Waals surface area contributed by atoms with Gasteiger partial charge in [-0.2, -0.15) is 0 Å². The molecule has 0 radical (unpaired) electrons. The van der Waals surface area contributed by atoms with Crippen molar-refractivity contribution in [3.05, 3.63) is 17.8 Å². The minimum absolute atomic E-state index is 0.0323. The Kier molecular flexibility index (Phi) is 3.53. The number of sulfone groups is 1. The fourth-order valence-electron chi connectivity index (χ4n) is 1.38. The summed E-state index contributed by atoms with van der Waals surface area (Å²) >= 11 is 0. The minimum Gasteiger partial charge on any atom is -0.491 e. The van der Waals surface area contributed by atoms with Gasteiger partial charge >= 0.3 is 0 Å². The highest BCUT2D eigenvalue weighted by atomic mass is 32.2. The number of pyridine rings is 1. The molecule has 0 bridgehead atoms. The van der Waals surface area contributed by atoms with Gasteiger partial charge < -0.3 is 15.2 Å². The third-order valence-corrected chi connectivity index (χ3v) is 3.06. The van der Waals surface area contributed by atoms with Crippen molar-refractivity contribution in [3.63, 3.8) is 0 Å². The molecule has 0 saturated carbocycles. The van der Waals surface area contributed by atoms with Crippen LogP contribution in [-0.2, 0) is 9.84 Å². The molecule has 0 aliphatic heterocycles. The molecule has 1 heterocycles.